The third-order valence-electron chi connectivity index (χ3n) is 5.05. The number of nitrogens with one attached hydrogen (secondary N) is 1. The van der Waals surface area contributed by atoms with E-state index < -0.39 is 0 Å². The molecule has 1 rings (SSSR count). The summed E-state index contributed by atoms with van der Waals surface area (Å²) in [5, 5.41) is 37.4. The number of aromatic hydroxyl groups is 2. The highest BCUT2D eigenvalue weighted by Gasteiger charge is 2.06. The van der Waals surface area contributed by atoms with E-state index in [1.165, 1.54) is 76.3 Å². The summed E-state index contributed by atoms with van der Waals surface area (Å²) in [6, 6.07) is 2.64. The molecule has 152 valence electrons. The van der Waals surface area contributed by atoms with Crippen molar-refractivity contribution in [2.75, 3.05) is 0 Å². The first-order valence-electron chi connectivity index (χ1n) is 10.6. The van der Waals surface area contributed by atoms with Gasteiger partial charge in [0.15, 0.2) is 0 Å². The summed E-state index contributed by atoms with van der Waals surface area (Å²) in [5.74, 6) is 1.69. The van der Waals surface area contributed by atoms with Gasteiger partial charge in [0.1, 0.15) is 17.3 Å². The highest BCUT2D eigenvalue weighted by atomic mass is 16.3. The zero-order valence-electron chi connectivity index (χ0n) is 16.9. The summed E-state index contributed by atoms with van der Waals surface area (Å²) >= 11 is 0. The Bertz CT molecular complexity index is 648. The molecule has 0 unspecified atom stereocenters. The average Bonchev–Trinajstić information content (AvgIpc) is 2.64. The topological polar surface area (TPSA) is 84.5 Å². The Balaban J connectivity index is 2.16. The zero-order chi connectivity index (χ0) is 19.9. The Labute approximate surface area is 163 Å². The van der Waals surface area contributed by atoms with Crippen LogP contribution in [0.15, 0.2) is 12.1 Å². The van der Waals surface area contributed by atoms with Crippen LogP contribution in [0, 0.1) is 5.41 Å². The maximum Gasteiger partial charge on any atom is 0.131 e. The summed E-state index contributed by atoms with van der Waals surface area (Å²) in [4.78, 5) is 0. The molecule has 0 aliphatic rings. The van der Waals surface area contributed by atoms with Gasteiger partial charge in [0, 0.05) is 11.6 Å². The molecule has 0 amide bonds. The monoisotopic (exact) mass is 375 g/mol. The molecule has 0 aliphatic carbocycles. The van der Waals surface area contributed by atoms with E-state index in [9.17, 15) is 15.3 Å². The Kier molecular flexibility index (Phi) is 12.1. The van der Waals surface area contributed by atoms with Gasteiger partial charge in [-0.15, -0.1) is 0 Å². The highest BCUT2D eigenvalue weighted by molar-refractivity contribution is 5.54. The maximum absolute atomic E-state index is 10.2. The number of phenolic OH excluding ortho intramolecular Hbond substituents is 2. The van der Waals surface area contributed by atoms with E-state index in [0.29, 0.717) is 6.42 Å². The van der Waals surface area contributed by atoms with Crippen LogP contribution in [0.25, 0.3) is 5.76 Å². The number of phenols is 2. The molecule has 0 saturated heterocycles. The maximum atomic E-state index is 10.2. The molecule has 27 heavy (non-hydrogen) atoms. The fourth-order valence-electron chi connectivity index (χ4n) is 3.41. The van der Waals surface area contributed by atoms with Crippen molar-refractivity contribution in [3.8, 4) is 11.5 Å². The van der Waals surface area contributed by atoms with Crippen LogP contribution in [0.1, 0.15) is 96.8 Å². The van der Waals surface area contributed by atoms with Gasteiger partial charge in [0.05, 0.1) is 5.22 Å². The van der Waals surface area contributed by atoms with Gasteiger partial charge >= 0.3 is 0 Å². The van der Waals surface area contributed by atoms with Crippen molar-refractivity contribution in [1.82, 2.24) is 0 Å². The lowest BCUT2D eigenvalue weighted by Gasteiger charge is -2.05. The third kappa shape index (κ3) is 9.53. The van der Waals surface area contributed by atoms with E-state index in [-0.39, 0.29) is 27.7 Å². The first-order chi connectivity index (χ1) is 13.1. The Morgan fingerprint density at radius 1 is 0.778 bits per heavy atom. The molecular weight excluding hydrogens is 338 g/mol. The quantitative estimate of drug-likeness (QED) is 0.267. The van der Waals surface area contributed by atoms with Gasteiger partial charge in [-0.1, -0.05) is 84.0 Å². The number of rotatable bonds is 14. The van der Waals surface area contributed by atoms with Gasteiger partial charge in [0.25, 0.3) is 0 Å². The van der Waals surface area contributed by atoms with Crippen molar-refractivity contribution in [1.29, 1.82) is 5.41 Å². The van der Waals surface area contributed by atoms with Crippen LogP contribution < -0.4 is 10.4 Å². The van der Waals surface area contributed by atoms with E-state index in [2.05, 4.69) is 12.8 Å². The molecule has 4 N–H and O–H groups in total. The molecule has 0 aromatic heterocycles. The largest absolute Gasteiger partial charge is 0.511 e. The molecule has 0 bridgehead atoms. The van der Waals surface area contributed by atoms with Gasteiger partial charge in [0.2, 0.25) is 0 Å². The molecule has 0 heterocycles. The molecule has 0 fully saturated rings. The lowest BCUT2D eigenvalue weighted by molar-refractivity contribution is 0.422. The second-order valence-electron chi connectivity index (χ2n) is 7.45. The van der Waals surface area contributed by atoms with Gasteiger partial charge in [-0.25, -0.2) is 0 Å². The van der Waals surface area contributed by atoms with Crippen molar-refractivity contribution in [2.45, 2.75) is 96.8 Å². The standard InChI is InChI=1S/C23H37NO3/c1-2-3-4-5-6-7-8-9-10-11-12-13-14-15-20(25)23-21(26)16-19(18-24)17-22(23)27/h16-17,24-27H,2-15H2,1H3. The van der Waals surface area contributed by atoms with E-state index in [1.54, 1.807) is 0 Å². The second kappa shape index (κ2) is 14.2. The lowest BCUT2D eigenvalue weighted by Crippen LogP contribution is -2.13. The molecule has 4 heteroatoms. The van der Waals surface area contributed by atoms with Gasteiger partial charge in [-0.05, 0) is 24.4 Å². The van der Waals surface area contributed by atoms with Crippen molar-refractivity contribution >= 4 is 11.6 Å². The summed E-state index contributed by atoms with van der Waals surface area (Å²) < 4.78 is 0. The smallest absolute Gasteiger partial charge is 0.131 e. The number of aliphatic hydroxyl groups excluding tert-OH is 1. The fourth-order valence-corrected chi connectivity index (χ4v) is 3.41. The number of hydrogen-bond donors (Lipinski definition) is 4. The molecule has 0 spiro atoms. The minimum atomic E-state index is -0.211. The Hall–Kier alpha value is -1.93. The van der Waals surface area contributed by atoms with Crippen LogP contribution in [0.4, 0.5) is 0 Å². The summed E-state index contributed by atoms with van der Waals surface area (Å²) in [7, 11) is 0. The van der Waals surface area contributed by atoms with Crippen molar-refractivity contribution in [2.24, 2.45) is 0 Å². The van der Waals surface area contributed by atoms with Crippen molar-refractivity contribution < 1.29 is 15.3 Å². The van der Waals surface area contributed by atoms with Crippen LogP contribution in [0.2, 0.25) is 0 Å². The number of aliphatic hydroxyl groups is 1. The molecule has 1 aromatic carbocycles. The van der Waals surface area contributed by atoms with E-state index in [0.717, 1.165) is 19.3 Å². The number of benzene rings is 1. The third-order valence-corrected chi connectivity index (χ3v) is 5.05. The first-order valence-corrected chi connectivity index (χ1v) is 10.6. The van der Waals surface area contributed by atoms with Crippen LogP contribution >= 0.6 is 0 Å². The fraction of sp³-hybridized carbons (Fsp3) is 0.652. The minimum Gasteiger partial charge on any atom is -0.511 e. The molecule has 1 aromatic rings. The minimum absolute atomic E-state index is 0.00426. The van der Waals surface area contributed by atoms with E-state index >= 15 is 0 Å². The Morgan fingerprint density at radius 2 is 1.19 bits per heavy atom. The Morgan fingerprint density at radius 3 is 1.59 bits per heavy atom. The van der Waals surface area contributed by atoms with Crippen LogP contribution in [0.3, 0.4) is 0 Å². The molecule has 0 radical (unpaired) electrons. The normalized spacial score (nSPS) is 10.7. The molecule has 0 atom stereocenters. The molecule has 0 aliphatic heterocycles. The lowest BCUT2D eigenvalue weighted by atomic mass is 10.0. The van der Waals surface area contributed by atoms with Gasteiger partial charge < -0.3 is 15.3 Å². The van der Waals surface area contributed by atoms with Crippen LogP contribution in [-0.2, 0) is 0 Å². The predicted molar refractivity (Wildman–Crippen MR) is 112 cm³/mol. The number of hydrogen-bond acceptors (Lipinski definition) is 4. The van der Waals surface area contributed by atoms with Crippen molar-refractivity contribution in [3.63, 3.8) is 0 Å². The molecule has 0 saturated carbocycles. The summed E-state index contributed by atoms with van der Waals surface area (Å²) in [6.07, 6.45) is 16.9. The summed E-state index contributed by atoms with van der Waals surface area (Å²) in [5.41, 5.74) is 0. The van der Waals surface area contributed by atoms with Crippen molar-refractivity contribution in [3.05, 3.63) is 22.6 Å². The SMILES string of the molecule is CCCCCCCCCCCCCCCC(O)=c1c(O)cc(=C=N)cc1O. The van der Waals surface area contributed by atoms with E-state index in [4.69, 9.17) is 5.41 Å². The zero-order valence-corrected chi connectivity index (χ0v) is 16.9. The second-order valence-corrected chi connectivity index (χ2v) is 7.45. The first kappa shape index (κ1) is 23.1. The average molecular weight is 376 g/mol. The highest BCUT2D eigenvalue weighted by Crippen LogP contribution is 2.15. The van der Waals surface area contributed by atoms with Gasteiger partial charge in [-0.3, -0.25) is 5.41 Å². The van der Waals surface area contributed by atoms with E-state index in [1.807, 2.05) is 0 Å². The van der Waals surface area contributed by atoms with Crippen LogP contribution in [-0.4, -0.2) is 21.2 Å². The van der Waals surface area contributed by atoms with Crippen LogP contribution in [0.5, 0.6) is 11.5 Å². The molecule has 4 nitrogen and oxygen atoms in total. The molecular formula is C23H37NO3. The summed E-state index contributed by atoms with van der Waals surface area (Å²) in [6.45, 7) is 2.25. The van der Waals surface area contributed by atoms with Gasteiger partial charge in [-0.2, -0.15) is 0 Å². The predicted octanol–water partition coefficient (Wildman–Crippen LogP) is 5.17. The number of unbranched alkanes of at least 4 members (excludes halogenated alkanes) is 12.